The van der Waals surface area contributed by atoms with Gasteiger partial charge in [-0.1, -0.05) is 29.8 Å². The summed E-state index contributed by atoms with van der Waals surface area (Å²) in [6.07, 6.45) is 1.80. The molecule has 6 heteroatoms. The minimum absolute atomic E-state index is 0.472. The van der Waals surface area contributed by atoms with Crippen molar-refractivity contribution in [1.29, 1.82) is 0 Å². The van der Waals surface area contributed by atoms with Crippen molar-refractivity contribution in [2.45, 2.75) is 6.61 Å². The third kappa shape index (κ3) is 5.35. The van der Waals surface area contributed by atoms with Crippen molar-refractivity contribution in [3.8, 4) is 5.75 Å². The van der Waals surface area contributed by atoms with E-state index in [1.807, 2.05) is 48.5 Å². The minimum atomic E-state index is 0.472. The van der Waals surface area contributed by atoms with Crippen LogP contribution in [0.1, 0.15) is 11.1 Å². The van der Waals surface area contributed by atoms with Crippen LogP contribution in [0.5, 0.6) is 5.75 Å². The second kappa shape index (κ2) is 8.36. The third-order valence-electron chi connectivity index (χ3n) is 2.80. The third-order valence-corrected chi connectivity index (χ3v) is 3.35. The van der Waals surface area contributed by atoms with E-state index in [-0.39, 0.29) is 0 Å². The lowest BCUT2D eigenvalue weighted by molar-refractivity contribution is -0.500. The highest BCUT2D eigenvalue weighted by Gasteiger charge is 2.00. The lowest BCUT2D eigenvalue weighted by atomic mass is 10.2. The Hall–Kier alpha value is -2.11. The Kier molecular flexibility index (Phi) is 6.18. The van der Waals surface area contributed by atoms with E-state index in [2.05, 4.69) is 15.8 Å². The Balaban J connectivity index is 1.95. The molecule has 0 aliphatic heterocycles. The number of ether oxygens (including phenoxy) is 1. The normalized spacial score (nSPS) is 10.5. The van der Waals surface area contributed by atoms with Crippen LogP contribution >= 0.6 is 23.8 Å². The number of hydrazone groups is 1. The Morgan fingerprint density at radius 3 is 2.86 bits per heavy atom. The second-order valence-corrected chi connectivity index (χ2v) is 5.33. The molecular weight excluding hydrogens is 318 g/mol. The van der Waals surface area contributed by atoms with Crippen molar-refractivity contribution in [3.63, 3.8) is 0 Å². The Labute approximate surface area is 140 Å². The molecule has 0 aromatic heterocycles. The number of thiocarbonyl (C=S) groups is 1. The lowest BCUT2D eigenvalue weighted by Gasteiger charge is -2.06. The van der Waals surface area contributed by atoms with Crippen LogP contribution in [0.3, 0.4) is 0 Å². The summed E-state index contributed by atoms with van der Waals surface area (Å²) >= 11 is 10.9. The number of hydrogen-bond donors (Lipinski definition) is 3. The molecule has 0 bridgehead atoms. The van der Waals surface area contributed by atoms with Crippen LogP contribution in [0.4, 0.5) is 0 Å². The molecule has 0 atom stereocenters. The van der Waals surface area contributed by atoms with E-state index >= 15 is 0 Å². The Morgan fingerprint density at radius 1 is 1.27 bits per heavy atom. The van der Waals surface area contributed by atoms with Crippen LogP contribution in [-0.2, 0) is 6.61 Å². The molecule has 0 heterocycles. The molecule has 2 rings (SSSR count). The summed E-state index contributed by atoms with van der Waals surface area (Å²) in [6, 6.07) is 15.4. The summed E-state index contributed by atoms with van der Waals surface area (Å²) in [5, 5.41) is 6.94. The number of nitrogens with one attached hydrogen (secondary N) is 3. The van der Waals surface area contributed by atoms with Crippen molar-refractivity contribution < 1.29 is 9.84 Å². The van der Waals surface area contributed by atoms with Gasteiger partial charge in [-0.25, -0.2) is 0 Å². The van der Waals surface area contributed by atoms with E-state index in [9.17, 15) is 0 Å². The molecule has 3 N–H and O–H groups in total. The van der Waals surface area contributed by atoms with Gasteiger partial charge < -0.3 is 10.1 Å². The zero-order valence-electron chi connectivity index (χ0n) is 12.1. The average molecular weight is 335 g/mol. The average Bonchev–Trinajstić information content (AvgIpc) is 2.53. The Bertz CT molecular complexity index is 676. The number of rotatable bonds is 5. The highest BCUT2D eigenvalue weighted by atomic mass is 35.5. The second-order valence-electron chi connectivity index (χ2n) is 4.48. The summed E-state index contributed by atoms with van der Waals surface area (Å²) < 4.78 is 5.77. The molecule has 0 saturated carbocycles. The van der Waals surface area contributed by atoms with Gasteiger partial charge in [0.1, 0.15) is 12.4 Å². The number of halogens is 1. The molecule has 0 saturated heterocycles. The maximum absolute atomic E-state index is 5.96. The molecule has 0 unspecified atom stereocenters. The fourth-order valence-corrected chi connectivity index (χ4v) is 2.01. The predicted molar refractivity (Wildman–Crippen MR) is 93.1 cm³/mol. The molecule has 0 fully saturated rings. The van der Waals surface area contributed by atoms with Gasteiger partial charge in [0.05, 0.1) is 0 Å². The summed E-state index contributed by atoms with van der Waals surface area (Å²) in [4.78, 5) is 0. The van der Waals surface area contributed by atoms with Gasteiger partial charge in [0.15, 0.2) is 6.21 Å². The molecular formula is C16H17ClN3OS+. The largest absolute Gasteiger partial charge is 0.489 e. The molecule has 0 amide bonds. The van der Waals surface area contributed by atoms with Crippen molar-refractivity contribution in [2.75, 3.05) is 7.05 Å². The number of benzene rings is 2. The van der Waals surface area contributed by atoms with Crippen LogP contribution in [0, 0.1) is 0 Å². The van der Waals surface area contributed by atoms with E-state index in [4.69, 9.17) is 28.6 Å². The van der Waals surface area contributed by atoms with E-state index in [1.54, 1.807) is 13.3 Å². The zero-order valence-corrected chi connectivity index (χ0v) is 13.7. The molecule has 0 aliphatic rings. The smallest absolute Gasteiger partial charge is 0.223 e. The summed E-state index contributed by atoms with van der Waals surface area (Å²) in [6.45, 7) is 0.472. The molecule has 0 radical (unpaired) electrons. The van der Waals surface area contributed by atoms with Gasteiger partial charge in [-0.3, -0.25) is 0 Å². The minimum Gasteiger partial charge on any atom is -0.489 e. The van der Waals surface area contributed by atoms with Crippen molar-refractivity contribution in [2.24, 2.45) is 0 Å². The molecule has 22 heavy (non-hydrogen) atoms. The molecule has 2 aromatic carbocycles. The van der Waals surface area contributed by atoms with Gasteiger partial charge in [-0.15, -0.1) is 10.5 Å². The lowest BCUT2D eigenvalue weighted by Crippen LogP contribution is -2.82. The van der Waals surface area contributed by atoms with Gasteiger partial charge >= 0.3 is 0 Å². The van der Waals surface area contributed by atoms with Crippen LogP contribution < -0.4 is 20.6 Å². The quantitative estimate of drug-likeness (QED) is 0.440. The predicted octanol–water partition coefficient (Wildman–Crippen LogP) is 1.43. The van der Waals surface area contributed by atoms with Crippen LogP contribution in [0.15, 0.2) is 48.5 Å². The van der Waals surface area contributed by atoms with E-state index in [0.29, 0.717) is 16.7 Å². The standard InChI is InChI=1S/C16H16ClN3OS/c1-18-16(22)20-19-10-12-4-3-7-15(9-12)21-11-13-5-2-6-14(17)8-13/h2-10H,11H2,1H3,(H2,18,20,22)/p+1. The topological polar surface area (TPSA) is 47.3 Å². The highest BCUT2D eigenvalue weighted by molar-refractivity contribution is 7.80. The van der Waals surface area contributed by atoms with Crippen molar-refractivity contribution in [1.82, 2.24) is 10.7 Å². The first-order valence-electron chi connectivity index (χ1n) is 6.71. The summed E-state index contributed by atoms with van der Waals surface area (Å²) in [5.41, 5.74) is 4.82. The first-order valence-corrected chi connectivity index (χ1v) is 7.50. The monoisotopic (exact) mass is 334 g/mol. The van der Waals surface area contributed by atoms with Crippen molar-refractivity contribution in [3.05, 3.63) is 64.7 Å². The first kappa shape index (κ1) is 16.3. The van der Waals surface area contributed by atoms with E-state index in [1.165, 1.54) is 0 Å². The van der Waals surface area contributed by atoms with Crippen molar-refractivity contribution >= 4 is 35.1 Å². The molecule has 114 valence electrons. The highest BCUT2D eigenvalue weighted by Crippen LogP contribution is 2.16. The van der Waals surface area contributed by atoms with E-state index < -0.39 is 0 Å². The number of hydrazine groups is 1. The molecule has 0 aliphatic carbocycles. The maximum atomic E-state index is 5.96. The summed E-state index contributed by atoms with van der Waals surface area (Å²) in [7, 11) is 1.75. The van der Waals surface area contributed by atoms with E-state index in [0.717, 1.165) is 16.9 Å². The number of hydrogen-bond acceptors (Lipinski definition) is 2. The first-order chi connectivity index (χ1) is 10.7. The van der Waals surface area contributed by atoms with Crippen LogP contribution in [0.25, 0.3) is 0 Å². The summed E-state index contributed by atoms with van der Waals surface area (Å²) in [5.74, 6) is 0.784. The Morgan fingerprint density at radius 2 is 2.09 bits per heavy atom. The molecule has 4 nitrogen and oxygen atoms in total. The van der Waals surface area contributed by atoms with Gasteiger partial charge in [0, 0.05) is 17.6 Å². The van der Waals surface area contributed by atoms with Gasteiger partial charge in [-0.05, 0) is 48.1 Å². The molecule has 2 aromatic rings. The van der Waals surface area contributed by atoms with Gasteiger partial charge in [0.2, 0.25) is 5.11 Å². The fourth-order valence-electron chi connectivity index (χ4n) is 1.73. The van der Waals surface area contributed by atoms with Crippen LogP contribution in [-0.4, -0.2) is 18.4 Å². The van der Waals surface area contributed by atoms with Crippen LogP contribution in [0.2, 0.25) is 5.02 Å². The molecule has 0 spiro atoms. The van der Waals surface area contributed by atoms with Gasteiger partial charge in [0.25, 0.3) is 0 Å². The van der Waals surface area contributed by atoms with Gasteiger partial charge in [-0.2, -0.15) is 0 Å². The maximum Gasteiger partial charge on any atom is 0.223 e. The fraction of sp³-hybridized carbons (Fsp3) is 0.125. The SMILES string of the molecule is CNC(=S)N[NH+]=Cc1cccc(OCc2cccc(Cl)c2)c1. The zero-order chi connectivity index (χ0) is 15.8.